The Bertz CT molecular complexity index is 1020. The van der Waals surface area contributed by atoms with Crippen LogP contribution in [0.15, 0.2) is 5.36 Å². The number of rotatable bonds is 2. The minimum atomic E-state index is -3.43. The van der Waals surface area contributed by atoms with Gasteiger partial charge in [-0.25, -0.2) is 9.78 Å². The van der Waals surface area contributed by atoms with Crippen molar-refractivity contribution in [2.45, 2.75) is 65.3 Å². The Kier molecular flexibility index (Phi) is 2.99. The highest BCUT2D eigenvalue weighted by Gasteiger charge is 2.52. The van der Waals surface area contributed by atoms with E-state index >= 15 is 0 Å². The van der Waals surface area contributed by atoms with Crippen LogP contribution in [0.3, 0.4) is 0 Å². The molecule has 0 aromatic carbocycles. The van der Waals surface area contributed by atoms with E-state index in [0.717, 1.165) is 0 Å². The van der Waals surface area contributed by atoms with Gasteiger partial charge < -0.3 is 23.8 Å². The minimum Gasteiger partial charge on any atom is -0.444 e. The SMILES string of the molecule is [2H]c1sc(N2C([2H])([2H])C([2H])([2H])N(C(=O)OC(C)(C)C)C([2H])([2H])C2([2H])[2H])nc1B1OC(C)(C)C(C)(C)O1. The van der Waals surface area contributed by atoms with Gasteiger partial charge in [-0.15, -0.1) is 11.3 Å². The van der Waals surface area contributed by atoms with Gasteiger partial charge in [-0.05, 0) is 48.5 Å². The summed E-state index contributed by atoms with van der Waals surface area (Å²) in [6, 6.07) is 0. The summed E-state index contributed by atoms with van der Waals surface area (Å²) in [6.45, 7) is -2.08. The summed E-state index contributed by atoms with van der Waals surface area (Å²) in [5.74, 6) is 0. The van der Waals surface area contributed by atoms with Crippen molar-refractivity contribution in [1.82, 2.24) is 9.88 Å². The van der Waals surface area contributed by atoms with E-state index in [1.165, 1.54) is 20.8 Å². The number of amides is 1. The molecule has 2 aliphatic rings. The number of nitrogens with zero attached hydrogens (tertiary/aromatic N) is 3. The highest BCUT2D eigenvalue weighted by molar-refractivity contribution is 7.14. The van der Waals surface area contributed by atoms with Crippen LogP contribution >= 0.6 is 11.3 Å². The number of aromatic nitrogens is 1. The van der Waals surface area contributed by atoms with Crippen molar-refractivity contribution in [2.24, 2.45) is 0 Å². The second-order valence-corrected chi connectivity index (χ2v) is 8.94. The maximum Gasteiger partial charge on any atom is 0.515 e. The van der Waals surface area contributed by atoms with Crippen molar-refractivity contribution in [1.29, 1.82) is 0 Å². The van der Waals surface area contributed by atoms with Gasteiger partial charge in [-0.1, -0.05) is 0 Å². The Balaban J connectivity index is 2.12. The molecule has 0 atom stereocenters. The number of carbonyl (C=O) groups excluding carboxylic acids is 1. The second kappa shape index (κ2) is 6.94. The lowest BCUT2D eigenvalue weighted by molar-refractivity contribution is 0.00578. The Labute approximate surface area is 178 Å². The van der Waals surface area contributed by atoms with Crippen molar-refractivity contribution in [3.8, 4) is 0 Å². The molecular weight excluding hydrogens is 365 g/mol. The largest absolute Gasteiger partial charge is 0.515 e. The minimum absolute atomic E-state index is 0.0871. The molecule has 1 aromatic heterocycles. The summed E-state index contributed by atoms with van der Waals surface area (Å²) in [5, 5.41) is -0.776. The van der Waals surface area contributed by atoms with Crippen LogP contribution < -0.4 is 10.5 Å². The zero-order valence-electron chi connectivity index (χ0n) is 25.5. The van der Waals surface area contributed by atoms with Crippen LogP contribution in [-0.4, -0.2) is 65.9 Å². The van der Waals surface area contributed by atoms with Crippen molar-refractivity contribution in [2.75, 3.05) is 30.9 Å². The van der Waals surface area contributed by atoms with Crippen LogP contribution in [0.25, 0.3) is 0 Å². The van der Waals surface area contributed by atoms with Crippen molar-refractivity contribution < 1.29 is 31.2 Å². The fraction of sp³-hybridized carbons (Fsp3) is 0.778. The van der Waals surface area contributed by atoms with Gasteiger partial charge in [-0.2, -0.15) is 0 Å². The lowest BCUT2D eigenvalue weighted by atomic mass is 9.86. The molecular formula is C18H30BN3O4S. The van der Waals surface area contributed by atoms with Crippen LogP contribution in [-0.2, 0) is 14.0 Å². The Morgan fingerprint density at radius 1 is 1.26 bits per heavy atom. The maximum atomic E-state index is 12.8. The highest BCUT2D eigenvalue weighted by Crippen LogP contribution is 2.36. The summed E-state index contributed by atoms with van der Waals surface area (Å²) in [4.78, 5) is 17.0. The molecule has 0 bridgehead atoms. The average molecular weight is 404 g/mol. The molecule has 2 fully saturated rings. The van der Waals surface area contributed by atoms with Crippen molar-refractivity contribution in [3.63, 3.8) is 0 Å². The first-order valence-corrected chi connectivity index (χ1v) is 9.29. The Hall–Kier alpha value is -1.32. The number of ether oxygens (including phenoxy) is 1. The lowest BCUT2D eigenvalue weighted by Crippen LogP contribution is -2.50. The lowest BCUT2D eigenvalue weighted by Gasteiger charge is -2.35. The molecule has 0 spiro atoms. The van der Waals surface area contributed by atoms with Crippen LogP contribution in [0, 0.1) is 0 Å². The molecule has 1 aromatic rings. The van der Waals surface area contributed by atoms with E-state index in [1.807, 2.05) is 0 Å². The van der Waals surface area contributed by atoms with Gasteiger partial charge in [0, 0.05) is 31.3 Å². The Morgan fingerprint density at radius 3 is 2.33 bits per heavy atom. The van der Waals surface area contributed by atoms with Gasteiger partial charge in [0.15, 0.2) is 5.13 Å². The fourth-order valence-corrected chi connectivity index (χ4v) is 2.81. The van der Waals surface area contributed by atoms with Gasteiger partial charge in [-0.3, -0.25) is 0 Å². The second-order valence-electron chi connectivity index (χ2n) is 8.17. The molecule has 1 amide bonds. The first-order chi connectivity index (χ1) is 15.8. The van der Waals surface area contributed by atoms with Gasteiger partial charge in [0.2, 0.25) is 0 Å². The normalized spacial score (nSPS) is 34.6. The molecule has 0 saturated carbocycles. The zero-order chi connectivity index (χ0) is 28.1. The summed E-state index contributed by atoms with van der Waals surface area (Å²) in [6.07, 6.45) is -1.57. The van der Waals surface area contributed by atoms with Gasteiger partial charge >= 0.3 is 13.2 Å². The van der Waals surface area contributed by atoms with E-state index in [0.29, 0.717) is 11.3 Å². The molecule has 9 heteroatoms. The first-order valence-electron chi connectivity index (χ1n) is 13.0. The first kappa shape index (κ1) is 11.6. The predicted molar refractivity (Wildman–Crippen MR) is 108 cm³/mol. The molecule has 0 N–H and O–H groups in total. The summed E-state index contributed by atoms with van der Waals surface area (Å²) in [5.41, 5.74) is -2.85. The third-order valence-electron chi connectivity index (χ3n) is 4.25. The van der Waals surface area contributed by atoms with E-state index in [2.05, 4.69) is 4.98 Å². The molecule has 2 aliphatic heterocycles. The van der Waals surface area contributed by atoms with Crippen molar-refractivity contribution in [3.05, 3.63) is 5.36 Å². The van der Waals surface area contributed by atoms with Crippen LogP contribution in [0.1, 0.15) is 60.8 Å². The molecule has 3 heterocycles. The number of anilines is 1. The van der Waals surface area contributed by atoms with Crippen LogP contribution in [0.5, 0.6) is 0 Å². The Morgan fingerprint density at radius 2 is 1.81 bits per heavy atom. The standard InChI is InChI=1S/C18H30BN3O4S/c1-16(2,3)24-15(23)22-10-8-21(9-11-22)14-20-13(12-27-14)19-25-17(4,5)18(6,7)26-19/h12H,8-11H2,1-7H3/i8D2,9D2,10D2,11D2,12D. The predicted octanol–water partition coefficient (Wildman–Crippen LogP) is 2.50. The van der Waals surface area contributed by atoms with Crippen LogP contribution in [0.2, 0.25) is 0 Å². The average Bonchev–Trinajstić information content (AvgIpc) is 3.07. The maximum absolute atomic E-state index is 12.8. The van der Waals surface area contributed by atoms with E-state index in [4.69, 9.17) is 26.4 Å². The number of hydrogen-bond acceptors (Lipinski definition) is 7. The molecule has 2 saturated heterocycles. The fourth-order valence-electron chi connectivity index (χ4n) is 2.15. The van der Waals surface area contributed by atoms with E-state index in [-0.39, 0.29) is 20.7 Å². The molecule has 7 nitrogen and oxygen atoms in total. The molecule has 27 heavy (non-hydrogen) atoms. The van der Waals surface area contributed by atoms with E-state index in [1.54, 1.807) is 27.7 Å². The molecule has 150 valence electrons. The summed E-state index contributed by atoms with van der Waals surface area (Å²) in [7, 11) is -1.14. The number of carbonyl (C=O) groups is 1. The third kappa shape index (κ3) is 4.41. The summed E-state index contributed by atoms with van der Waals surface area (Å²) >= 11 is 0.507. The summed E-state index contributed by atoms with van der Waals surface area (Å²) < 4.78 is 93.0. The van der Waals surface area contributed by atoms with E-state index in [9.17, 15) is 4.79 Å². The monoisotopic (exact) mass is 404 g/mol. The smallest absolute Gasteiger partial charge is 0.444 e. The van der Waals surface area contributed by atoms with Gasteiger partial charge in [0.05, 0.1) is 29.1 Å². The molecule has 0 aliphatic carbocycles. The van der Waals surface area contributed by atoms with Gasteiger partial charge in [0.25, 0.3) is 0 Å². The third-order valence-corrected chi connectivity index (χ3v) is 5.02. The highest BCUT2D eigenvalue weighted by atomic mass is 32.1. The van der Waals surface area contributed by atoms with Gasteiger partial charge in [0.1, 0.15) is 5.60 Å². The topological polar surface area (TPSA) is 64.1 Å². The molecule has 3 rings (SSSR count). The van der Waals surface area contributed by atoms with E-state index < -0.39 is 61.1 Å². The zero-order valence-corrected chi connectivity index (χ0v) is 17.3. The number of hydrogen-bond donors (Lipinski definition) is 0. The molecule has 0 radical (unpaired) electrons. The van der Waals surface area contributed by atoms with Crippen LogP contribution in [0.4, 0.5) is 9.93 Å². The number of thiazole rings is 1. The van der Waals surface area contributed by atoms with Crippen molar-refractivity contribution >= 4 is 35.3 Å². The quantitative estimate of drug-likeness (QED) is 0.706. The number of piperazine rings is 1. The molecule has 0 unspecified atom stereocenters.